The van der Waals surface area contributed by atoms with Crippen molar-refractivity contribution >= 4 is 17.7 Å². The fourth-order valence-electron chi connectivity index (χ4n) is 2.06. The molecule has 0 saturated carbocycles. The van der Waals surface area contributed by atoms with Gasteiger partial charge in [0, 0.05) is 6.54 Å². The van der Waals surface area contributed by atoms with Gasteiger partial charge in [-0.1, -0.05) is 13.8 Å². The summed E-state index contributed by atoms with van der Waals surface area (Å²) in [6.07, 6.45) is 5.81. The number of carbonyl (C=O) groups excluding carboxylic acids is 1. The monoisotopic (exact) mass is 244 g/mol. The second-order valence-electron chi connectivity index (χ2n) is 4.81. The molecule has 94 valence electrons. The van der Waals surface area contributed by atoms with E-state index >= 15 is 0 Å². The highest BCUT2D eigenvalue weighted by Gasteiger charge is 2.29. The van der Waals surface area contributed by atoms with Crippen LogP contribution in [0, 0.1) is 5.92 Å². The van der Waals surface area contributed by atoms with Crippen LogP contribution in [0.2, 0.25) is 0 Å². The van der Waals surface area contributed by atoms with Crippen molar-refractivity contribution in [3.05, 3.63) is 0 Å². The van der Waals surface area contributed by atoms with Gasteiger partial charge in [-0.3, -0.25) is 10.1 Å². The van der Waals surface area contributed by atoms with Crippen LogP contribution in [0.25, 0.3) is 0 Å². The molecule has 4 heteroatoms. The van der Waals surface area contributed by atoms with E-state index in [0.29, 0.717) is 12.5 Å². The lowest BCUT2D eigenvalue weighted by Crippen LogP contribution is -2.39. The van der Waals surface area contributed by atoms with Gasteiger partial charge in [0.05, 0.1) is 12.7 Å². The standard InChI is InChI=1S/C12H24N2OS/c1-10(2)8-11-13-9-12(15)14(11)6-4-5-7-16-3/h10-11,13H,4-9H2,1-3H3. The highest BCUT2D eigenvalue weighted by Crippen LogP contribution is 2.15. The minimum absolute atomic E-state index is 0.273. The molecule has 0 aliphatic carbocycles. The molecule has 1 rings (SSSR count). The van der Waals surface area contributed by atoms with E-state index in [1.807, 2.05) is 16.7 Å². The number of thioether (sulfide) groups is 1. The van der Waals surface area contributed by atoms with Gasteiger partial charge >= 0.3 is 0 Å². The highest BCUT2D eigenvalue weighted by atomic mass is 32.2. The largest absolute Gasteiger partial charge is 0.326 e. The Morgan fingerprint density at radius 3 is 2.88 bits per heavy atom. The molecule has 1 saturated heterocycles. The summed E-state index contributed by atoms with van der Waals surface area (Å²) >= 11 is 1.88. The predicted molar refractivity (Wildman–Crippen MR) is 70.6 cm³/mol. The van der Waals surface area contributed by atoms with Crippen molar-refractivity contribution < 1.29 is 4.79 Å². The lowest BCUT2D eigenvalue weighted by Gasteiger charge is -2.25. The Kier molecular flexibility index (Phi) is 6.21. The number of hydrogen-bond donors (Lipinski definition) is 1. The molecule has 0 aromatic carbocycles. The third-order valence-corrected chi connectivity index (χ3v) is 3.57. The third kappa shape index (κ3) is 4.34. The first-order valence-electron chi connectivity index (χ1n) is 6.17. The third-order valence-electron chi connectivity index (χ3n) is 2.88. The summed E-state index contributed by atoms with van der Waals surface area (Å²) in [6, 6.07) is 0. The van der Waals surface area contributed by atoms with E-state index in [2.05, 4.69) is 25.4 Å². The first kappa shape index (κ1) is 13.8. The van der Waals surface area contributed by atoms with Crippen LogP contribution in [0.4, 0.5) is 0 Å². The Bertz CT molecular complexity index is 221. The van der Waals surface area contributed by atoms with E-state index in [1.54, 1.807) is 0 Å². The van der Waals surface area contributed by atoms with E-state index in [1.165, 1.54) is 12.2 Å². The quantitative estimate of drug-likeness (QED) is 0.695. The van der Waals surface area contributed by atoms with Crippen LogP contribution in [-0.2, 0) is 4.79 Å². The molecule has 0 bridgehead atoms. The summed E-state index contributed by atoms with van der Waals surface area (Å²) < 4.78 is 0. The molecule has 1 atom stereocenters. The van der Waals surface area contributed by atoms with Gasteiger partial charge in [0.1, 0.15) is 0 Å². The highest BCUT2D eigenvalue weighted by molar-refractivity contribution is 7.98. The zero-order valence-electron chi connectivity index (χ0n) is 10.7. The number of amides is 1. The lowest BCUT2D eigenvalue weighted by molar-refractivity contribution is -0.128. The number of unbranched alkanes of at least 4 members (excludes halogenated alkanes) is 1. The normalized spacial score (nSPS) is 21.1. The molecule has 0 spiro atoms. The zero-order chi connectivity index (χ0) is 12.0. The van der Waals surface area contributed by atoms with Gasteiger partial charge in [-0.15, -0.1) is 0 Å². The predicted octanol–water partition coefficient (Wildman–Crippen LogP) is 1.93. The number of carbonyl (C=O) groups is 1. The fraction of sp³-hybridized carbons (Fsp3) is 0.917. The Morgan fingerprint density at radius 2 is 2.25 bits per heavy atom. The van der Waals surface area contributed by atoms with Crippen molar-refractivity contribution in [3.63, 3.8) is 0 Å². The van der Waals surface area contributed by atoms with Gasteiger partial charge in [0.25, 0.3) is 0 Å². The van der Waals surface area contributed by atoms with Crippen molar-refractivity contribution in [2.75, 3.05) is 25.1 Å². The minimum atomic E-state index is 0.273. The van der Waals surface area contributed by atoms with Gasteiger partial charge in [-0.25, -0.2) is 0 Å². The summed E-state index contributed by atoms with van der Waals surface area (Å²) in [7, 11) is 0. The fourth-order valence-corrected chi connectivity index (χ4v) is 2.55. The van der Waals surface area contributed by atoms with E-state index in [-0.39, 0.29) is 12.1 Å². The minimum Gasteiger partial charge on any atom is -0.326 e. The molecular formula is C12H24N2OS. The number of rotatable bonds is 7. The summed E-state index contributed by atoms with van der Waals surface area (Å²) in [5, 5.41) is 3.30. The van der Waals surface area contributed by atoms with Gasteiger partial charge in [0.2, 0.25) is 5.91 Å². The molecule has 0 radical (unpaired) electrons. The molecule has 1 N–H and O–H groups in total. The number of hydrogen-bond acceptors (Lipinski definition) is 3. The van der Waals surface area contributed by atoms with Crippen LogP contribution >= 0.6 is 11.8 Å². The van der Waals surface area contributed by atoms with Crippen LogP contribution in [0.1, 0.15) is 33.1 Å². The molecule has 0 aromatic heterocycles. The summed E-state index contributed by atoms with van der Waals surface area (Å²) in [6.45, 7) is 5.86. The van der Waals surface area contributed by atoms with Crippen molar-refractivity contribution in [2.24, 2.45) is 5.92 Å². The Balaban J connectivity index is 2.32. The van der Waals surface area contributed by atoms with Crippen molar-refractivity contribution in [1.82, 2.24) is 10.2 Å². The van der Waals surface area contributed by atoms with Crippen LogP contribution in [0.15, 0.2) is 0 Å². The van der Waals surface area contributed by atoms with E-state index in [9.17, 15) is 4.79 Å². The average Bonchev–Trinajstić information content (AvgIpc) is 2.55. The van der Waals surface area contributed by atoms with Crippen LogP contribution < -0.4 is 5.32 Å². The van der Waals surface area contributed by atoms with Gasteiger partial charge < -0.3 is 4.90 Å². The van der Waals surface area contributed by atoms with Gasteiger partial charge in [-0.2, -0.15) is 11.8 Å². The van der Waals surface area contributed by atoms with Crippen LogP contribution in [0.5, 0.6) is 0 Å². The topological polar surface area (TPSA) is 32.3 Å². The molecule has 1 aliphatic rings. The smallest absolute Gasteiger partial charge is 0.237 e. The van der Waals surface area contributed by atoms with E-state index in [4.69, 9.17) is 0 Å². The van der Waals surface area contributed by atoms with Crippen LogP contribution in [-0.4, -0.2) is 42.1 Å². The average molecular weight is 244 g/mol. The molecule has 16 heavy (non-hydrogen) atoms. The van der Waals surface area contributed by atoms with Crippen molar-refractivity contribution in [3.8, 4) is 0 Å². The number of nitrogens with one attached hydrogen (secondary N) is 1. The summed E-state index contributed by atoms with van der Waals surface area (Å²) in [5.41, 5.74) is 0. The maximum Gasteiger partial charge on any atom is 0.237 e. The first-order chi connectivity index (χ1) is 7.65. The van der Waals surface area contributed by atoms with Crippen LogP contribution in [0.3, 0.4) is 0 Å². The van der Waals surface area contributed by atoms with Gasteiger partial charge in [-0.05, 0) is 37.2 Å². The first-order valence-corrected chi connectivity index (χ1v) is 7.56. The zero-order valence-corrected chi connectivity index (χ0v) is 11.5. The van der Waals surface area contributed by atoms with Crippen molar-refractivity contribution in [1.29, 1.82) is 0 Å². The second kappa shape index (κ2) is 7.17. The molecule has 3 nitrogen and oxygen atoms in total. The summed E-state index contributed by atoms with van der Waals surface area (Å²) in [4.78, 5) is 13.7. The molecule has 1 aliphatic heterocycles. The Hall–Kier alpha value is -0.220. The Morgan fingerprint density at radius 1 is 1.50 bits per heavy atom. The van der Waals surface area contributed by atoms with E-state index in [0.717, 1.165) is 19.4 Å². The number of nitrogens with zero attached hydrogens (tertiary/aromatic N) is 1. The molecule has 1 amide bonds. The van der Waals surface area contributed by atoms with Crippen molar-refractivity contribution in [2.45, 2.75) is 39.3 Å². The Labute approximate surface area is 103 Å². The summed E-state index contributed by atoms with van der Waals surface area (Å²) in [5.74, 6) is 2.11. The molecule has 0 aromatic rings. The van der Waals surface area contributed by atoms with Gasteiger partial charge in [0.15, 0.2) is 0 Å². The maximum absolute atomic E-state index is 11.7. The molecule has 1 heterocycles. The maximum atomic E-state index is 11.7. The van der Waals surface area contributed by atoms with E-state index < -0.39 is 0 Å². The second-order valence-corrected chi connectivity index (χ2v) is 5.80. The molecule has 1 fully saturated rings. The molecular weight excluding hydrogens is 220 g/mol. The molecule has 1 unspecified atom stereocenters. The lowest BCUT2D eigenvalue weighted by atomic mass is 10.1. The SMILES string of the molecule is CSCCCCN1C(=O)CNC1CC(C)C.